The zero-order valence-corrected chi connectivity index (χ0v) is 27.2. The van der Waals surface area contributed by atoms with Crippen LogP contribution < -0.4 is 26.1 Å². The number of carboxylic acids is 1. The molecule has 0 aliphatic heterocycles. The number of benzene rings is 2. The van der Waals surface area contributed by atoms with E-state index in [0.29, 0.717) is 0 Å². The topological polar surface area (TPSA) is 331 Å². The van der Waals surface area contributed by atoms with Gasteiger partial charge in [-0.1, -0.05) is 0 Å². The van der Waals surface area contributed by atoms with Crippen LogP contribution >= 0.6 is 0 Å². The molecule has 0 saturated carbocycles. The molecule has 1 heterocycles. The molecular formula is C25H25F3N8O13S2. The van der Waals surface area contributed by atoms with Crippen molar-refractivity contribution in [3.8, 4) is 0 Å². The number of alkyl halides is 3. The second-order valence-corrected chi connectivity index (χ2v) is 13.3. The number of carbonyl (C=O) groups is 2. The molecule has 0 bridgehead atoms. The maximum absolute atomic E-state index is 13.9. The fraction of sp³-hybridized carbons (Fsp3) is 0.200. The van der Waals surface area contributed by atoms with E-state index in [1.165, 1.54) is 13.0 Å². The lowest BCUT2D eigenvalue weighted by Gasteiger charge is -2.25. The molecule has 276 valence electrons. The fourth-order valence-electron chi connectivity index (χ4n) is 3.72. The monoisotopic (exact) mass is 766 g/mol. The van der Waals surface area contributed by atoms with Crippen LogP contribution in [0.5, 0.6) is 0 Å². The number of nitrogens with two attached hydrogens (primary N) is 2. The van der Waals surface area contributed by atoms with Crippen molar-refractivity contribution < 1.29 is 59.4 Å². The number of aromatic nitrogens is 1. The van der Waals surface area contributed by atoms with Gasteiger partial charge >= 0.3 is 12.1 Å². The van der Waals surface area contributed by atoms with Gasteiger partial charge in [0, 0.05) is 30.0 Å². The van der Waals surface area contributed by atoms with Crippen LogP contribution in [0.25, 0.3) is 0 Å². The highest BCUT2D eigenvalue weighted by molar-refractivity contribution is 8.10. The number of pyridine rings is 1. The Balaban J connectivity index is 0.00000116. The number of carboxylic acid groups (broad SMARTS) is 1. The van der Waals surface area contributed by atoms with Crippen LogP contribution in [0, 0.1) is 27.2 Å². The third-order valence-corrected chi connectivity index (χ3v) is 9.96. The van der Waals surface area contributed by atoms with Gasteiger partial charge in [0.25, 0.3) is 37.0 Å². The lowest BCUT2D eigenvalue weighted by atomic mass is 10.1. The maximum atomic E-state index is 13.9. The first-order valence-electron chi connectivity index (χ1n) is 13.3. The summed E-state index contributed by atoms with van der Waals surface area (Å²) < 4.78 is 87.3. The Labute approximate surface area is 283 Å². The van der Waals surface area contributed by atoms with E-state index >= 15 is 0 Å². The van der Waals surface area contributed by atoms with Gasteiger partial charge in [0.2, 0.25) is 11.9 Å². The molecule has 0 spiro atoms. The van der Waals surface area contributed by atoms with Crippen molar-refractivity contribution in [1.82, 2.24) is 10.3 Å². The number of amides is 1. The summed E-state index contributed by atoms with van der Waals surface area (Å²) >= 11 is 0. The van der Waals surface area contributed by atoms with Crippen molar-refractivity contribution in [2.24, 2.45) is 16.6 Å². The minimum Gasteiger partial charge on any atom is -0.475 e. The number of rotatable bonds is 13. The minimum atomic E-state index is -5.28. The highest BCUT2D eigenvalue weighted by Gasteiger charge is 2.41. The van der Waals surface area contributed by atoms with E-state index in [1.54, 1.807) is 0 Å². The van der Waals surface area contributed by atoms with Crippen LogP contribution in [0.4, 0.5) is 30.2 Å². The first-order valence-corrected chi connectivity index (χ1v) is 16.2. The highest BCUT2D eigenvalue weighted by atomic mass is 32.3. The van der Waals surface area contributed by atoms with Crippen LogP contribution in [0.3, 0.4) is 0 Å². The van der Waals surface area contributed by atoms with Crippen molar-refractivity contribution in [3.63, 3.8) is 0 Å². The molecule has 1 aromatic heterocycles. The number of carbonyl (C=O) groups excluding carboxylic acids is 1. The van der Waals surface area contributed by atoms with Gasteiger partial charge in [-0.2, -0.15) is 13.2 Å². The molecule has 0 aliphatic rings. The van der Waals surface area contributed by atoms with Crippen molar-refractivity contribution in [2.75, 3.05) is 16.9 Å². The molecule has 0 aliphatic carbocycles. The quantitative estimate of drug-likeness (QED) is 0.0522. The van der Waals surface area contributed by atoms with E-state index in [0.717, 1.165) is 48.5 Å². The summed E-state index contributed by atoms with van der Waals surface area (Å²) in [7, 11) is -10.6. The Hall–Kier alpha value is -6.31. The summed E-state index contributed by atoms with van der Waals surface area (Å²) in [6.07, 6.45) is -5.79. The number of anilines is 1. The number of aryl methyl sites for hydroxylation is 1. The van der Waals surface area contributed by atoms with Gasteiger partial charge in [0.05, 0.1) is 32.6 Å². The number of nitrogens with one attached hydrogen (secondary N) is 2. The molecular weight excluding hydrogens is 741 g/mol. The molecule has 0 unspecified atom stereocenters. The molecule has 26 heteroatoms. The normalized spacial score (nSPS) is 11.3. The first kappa shape index (κ1) is 40.9. The second-order valence-electron chi connectivity index (χ2n) is 9.54. The van der Waals surface area contributed by atoms with Gasteiger partial charge < -0.3 is 31.7 Å². The minimum absolute atomic E-state index is 0.137. The predicted octanol–water partition coefficient (Wildman–Crippen LogP) is 0.581. The number of guanidine groups is 1. The molecule has 3 aromatic rings. The number of halogens is 3. The number of aliphatic carboxylic acids is 1. The molecule has 3 rings (SSSR count). The van der Waals surface area contributed by atoms with Crippen LogP contribution in [-0.2, 0) is 40.9 Å². The molecule has 0 radical (unpaired) electrons. The number of aromatic amines is 1. The van der Waals surface area contributed by atoms with Gasteiger partial charge in [0.15, 0.2) is 0 Å². The number of hydrogen-bond acceptors (Lipinski definition) is 13. The van der Waals surface area contributed by atoms with E-state index in [2.05, 4.69) is 15.5 Å². The van der Waals surface area contributed by atoms with Crippen molar-refractivity contribution in [1.29, 1.82) is 0 Å². The Kier molecular flexibility index (Phi) is 13.1. The van der Waals surface area contributed by atoms with Crippen molar-refractivity contribution >= 4 is 54.9 Å². The molecule has 21 nitrogen and oxygen atoms in total. The molecule has 1 amide bonds. The smallest absolute Gasteiger partial charge is 0.475 e. The zero-order chi connectivity index (χ0) is 38.9. The lowest BCUT2D eigenvalue weighted by molar-refractivity contribution is -0.385. The van der Waals surface area contributed by atoms with E-state index in [9.17, 15) is 59.8 Å². The van der Waals surface area contributed by atoms with Crippen LogP contribution in [0.15, 0.2) is 74.3 Å². The number of nitro groups is 2. The van der Waals surface area contributed by atoms with Gasteiger partial charge in [-0.25, -0.2) is 21.6 Å². The standard InChI is InChI=1S/C23H24N8O11S2.C2HF3O2/c1-14-12-15(13-20(32)26-10-11-42-28-23(24)25)21(22(33)27-14)31(43(38,39)18-6-2-16(3-7-18)29(34)35)44(40,41)19-8-4-17(5-9-19)30(36)37;3-2(4,5)1(6)7/h2-9,12H,10-11,13H2,1H3,(H,26,32)(H,27,33)(H4,24,25,28);(H,6,7). The van der Waals surface area contributed by atoms with Gasteiger partial charge in [0.1, 0.15) is 12.3 Å². The number of sulfonamides is 2. The van der Waals surface area contributed by atoms with Gasteiger partial charge in [-0.05, 0) is 48.0 Å². The molecule has 7 N–H and O–H groups in total. The number of hydrogen-bond donors (Lipinski definition) is 5. The Morgan fingerprint density at radius 2 is 1.39 bits per heavy atom. The van der Waals surface area contributed by atoms with E-state index in [-0.39, 0.29) is 34.1 Å². The number of non-ortho nitro benzene ring substituents is 2. The molecule has 2 aromatic carbocycles. The average Bonchev–Trinajstić information content (AvgIpc) is 3.02. The molecule has 0 saturated heterocycles. The molecule has 0 atom stereocenters. The maximum Gasteiger partial charge on any atom is 0.490 e. The van der Waals surface area contributed by atoms with Crippen molar-refractivity contribution in [2.45, 2.75) is 29.3 Å². The van der Waals surface area contributed by atoms with E-state index < -0.39 is 86.8 Å². The molecule has 0 fully saturated rings. The third-order valence-electron chi connectivity index (χ3n) is 5.81. The second kappa shape index (κ2) is 16.4. The Morgan fingerprint density at radius 3 is 1.76 bits per heavy atom. The lowest BCUT2D eigenvalue weighted by Crippen LogP contribution is -2.41. The summed E-state index contributed by atoms with van der Waals surface area (Å²) in [5.41, 5.74) is 6.81. The largest absolute Gasteiger partial charge is 0.490 e. The van der Waals surface area contributed by atoms with Crippen molar-refractivity contribution in [3.05, 3.63) is 96.4 Å². The first-order chi connectivity index (χ1) is 23.5. The number of oxime groups is 1. The summed E-state index contributed by atoms with van der Waals surface area (Å²) in [5, 5.41) is 35.0. The zero-order valence-electron chi connectivity index (χ0n) is 25.6. The van der Waals surface area contributed by atoms with Gasteiger partial charge in [-0.15, -0.1) is 3.71 Å². The number of nitrogens with zero attached hydrogens (tertiary/aromatic N) is 4. The Morgan fingerprint density at radius 1 is 0.961 bits per heavy atom. The van der Waals surface area contributed by atoms with Crippen LogP contribution in [-0.4, -0.2) is 73.9 Å². The number of nitro benzene ring substituents is 2. The predicted molar refractivity (Wildman–Crippen MR) is 167 cm³/mol. The summed E-state index contributed by atoms with van der Waals surface area (Å²) in [6, 6.07) is 7.45. The summed E-state index contributed by atoms with van der Waals surface area (Å²) in [4.78, 5) is 61.0. The Bertz CT molecular complexity index is 2020. The fourth-order valence-corrected chi connectivity index (χ4v) is 7.49. The summed E-state index contributed by atoms with van der Waals surface area (Å²) in [6.45, 7) is 1.08. The van der Waals surface area contributed by atoms with Crippen LogP contribution in [0.2, 0.25) is 0 Å². The van der Waals surface area contributed by atoms with Gasteiger partial charge in [-0.3, -0.25) is 29.8 Å². The molecule has 51 heavy (non-hydrogen) atoms. The highest BCUT2D eigenvalue weighted by Crippen LogP contribution is 2.32. The average molecular weight is 767 g/mol. The van der Waals surface area contributed by atoms with E-state index in [1.807, 2.05) is 0 Å². The van der Waals surface area contributed by atoms with Crippen LogP contribution in [0.1, 0.15) is 11.3 Å². The summed E-state index contributed by atoms with van der Waals surface area (Å²) in [5.74, 6) is -3.92. The third kappa shape index (κ3) is 10.8. The number of H-pyrrole nitrogens is 1. The SMILES string of the molecule is Cc1cc(CC(=O)NCCON=C(N)N)c(N(S(=O)(=O)c2ccc([N+](=O)[O-])cc2)S(=O)(=O)c2ccc([N+](=O)[O-])cc2)c(=O)[nH]1.O=C(O)C(F)(F)F. The van der Waals surface area contributed by atoms with E-state index in [4.69, 9.17) is 26.2 Å².